The summed E-state index contributed by atoms with van der Waals surface area (Å²) < 4.78 is 18.8. The van der Waals surface area contributed by atoms with Gasteiger partial charge in [-0.2, -0.15) is 5.10 Å². The van der Waals surface area contributed by atoms with Crippen LogP contribution in [0, 0.1) is 6.92 Å². The molecule has 7 nitrogen and oxygen atoms in total. The SMILES string of the molecule is COCCN(Cc1c(C)nn(-c2ccccc2)c1Oc1cccc(OC)c1)C(=O)c1ccccc1Cl. The molecule has 1 heterocycles. The van der Waals surface area contributed by atoms with Crippen LogP contribution in [-0.2, 0) is 11.3 Å². The summed E-state index contributed by atoms with van der Waals surface area (Å²) >= 11 is 6.35. The zero-order valence-electron chi connectivity index (χ0n) is 20.5. The first-order valence-corrected chi connectivity index (χ1v) is 11.9. The highest BCUT2D eigenvalue weighted by Gasteiger charge is 2.25. The molecule has 0 saturated carbocycles. The highest BCUT2D eigenvalue weighted by molar-refractivity contribution is 6.33. The van der Waals surface area contributed by atoms with Gasteiger partial charge < -0.3 is 19.1 Å². The van der Waals surface area contributed by atoms with Crippen molar-refractivity contribution in [2.45, 2.75) is 13.5 Å². The minimum absolute atomic E-state index is 0.197. The molecule has 0 spiro atoms. The van der Waals surface area contributed by atoms with E-state index >= 15 is 0 Å². The molecule has 36 heavy (non-hydrogen) atoms. The summed E-state index contributed by atoms with van der Waals surface area (Å²) in [5, 5.41) is 5.17. The van der Waals surface area contributed by atoms with Gasteiger partial charge in [0.15, 0.2) is 0 Å². The van der Waals surface area contributed by atoms with Gasteiger partial charge in [0.05, 0.1) is 47.8 Å². The lowest BCUT2D eigenvalue weighted by Gasteiger charge is -2.23. The second-order valence-corrected chi connectivity index (χ2v) is 8.50. The molecule has 0 atom stereocenters. The van der Waals surface area contributed by atoms with Crippen LogP contribution in [0.3, 0.4) is 0 Å². The maximum atomic E-state index is 13.5. The molecule has 0 radical (unpaired) electrons. The Morgan fingerprint density at radius 2 is 1.69 bits per heavy atom. The van der Waals surface area contributed by atoms with Crippen molar-refractivity contribution in [2.75, 3.05) is 27.4 Å². The zero-order valence-corrected chi connectivity index (χ0v) is 21.2. The molecule has 0 aliphatic heterocycles. The maximum Gasteiger partial charge on any atom is 0.255 e. The number of benzene rings is 3. The average Bonchev–Trinajstić information content (AvgIpc) is 3.21. The number of carbonyl (C=O) groups is 1. The molecule has 1 amide bonds. The monoisotopic (exact) mass is 505 g/mol. The molecule has 1 aromatic heterocycles. The number of amides is 1. The number of hydrogen-bond donors (Lipinski definition) is 0. The lowest BCUT2D eigenvalue weighted by atomic mass is 10.1. The molecule has 0 saturated heterocycles. The highest BCUT2D eigenvalue weighted by atomic mass is 35.5. The van der Waals surface area contributed by atoms with Crippen molar-refractivity contribution in [2.24, 2.45) is 0 Å². The van der Waals surface area contributed by atoms with Gasteiger partial charge in [0.25, 0.3) is 5.91 Å². The van der Waals surface area contributed by atoms with E-state index in [1.165, 1.54) is 0 Å². The van der Waals surface area contributed by atoms with E-state index in [0.29, 0.717) is 41.1 Å². The molecule has 0 fully saturated rings. The van der Waals surface area contributed by atoms with E-state index in [1.54, 1.807) is 54.1 Å². The van der Waals surface area contributed by atoms with Gasteiger partial charge in [0.2, 0.25) is 5.88 Å². The summed E-state index contributed by atoms with van der Waals surface area (Å²) in [6.45, 7) is 2.90. The minimum atomic E-state index is -0.197. The molecule has 0 unspecified atom stereocenters. The van der Waals surface area contributed by atoms with Crippen molar-refractivity contribution >= 4 is 17.5 Å². The van der Waals surface area contributed by atoms with Gasteiger partial charge in [0.1, 0.15) is 11.5 Å². The fourth-order valence-electron chi connectivity index (χ4n) is 3.80. The van der Waals surface area contributed by atoms with Gasteiger partial charge in [-0.15, -0.1) is 0 Å². The molecule has 0 N–H and O–H groups in total. The second kappa shape index (κ2) is 11.7. The van der Waals surface area contributed by atoms with Gasteiger partial charge in [-0.25, -0.2) is 4.68 Å². The minimum Gasteiger partial charge on any atom is -0.497 e. The predicted molar refractivity (Wildman–Crippen MR) is 139 cm³/mol. The quantitative estimate of drug-likeness (QED) is 0.267. The van der Waals surface area contributed by atoms with Gasteiger partial charge in [-0.05, 0) is 43.3 Å². The molecule has 186 valence electrons. The summed E-state index contributed by atoms with van der Waals surface area (Å²) in [5.74, 6) is 1.58. The first kappa shape index (κ1) is 25.3. The van der Waals surface area contributed by atoms with E-state index in [-0.39, 0.29) is 12.5 Å². The van der Waals surface area contributed by atoms with Crippen LogP contribution in [0.5, 0.6) is 17.4 Å². The van der Waals surface area contributed by atoms with E-state index < -0.39 is 0 Å². The van der Waals surface area contributed by atoms with Crippen molar-refractivity contribution < 1.29 is 19.0 Å². The number of carbonyl (C=O) groups excluding carboxylic acids is 1. The zero-order chi connectivity index (χ0) is 25.5. The number of nitrogens with zero attached hydrogens (tertiary/aromatic N) is 3. The normalized spacial score (nSPS) is 10.8. The van der Waals surface area contributed by atoms with Crippen LogP contribution in [0.4, 0.5) is 0 Å². The number of para-hydroxylation sites is 1. The van der Waals surface area contributed by atoms with Crippen molar-refractivity contribution in [3.8, 4) is 23.1 Å². The van der Waals surface area contributed by atoms with Gasteiger partial charge >= 0.3 is 0 Å². The Bertz CT molecular complexity index is 1320. The van der Waals surface area contributed by atoms with E-state index in [2.05, 4.69) is 0 Å². The van der Waals surface area contributed by atoms with Crippen molar-refractivity contribution in [3.05, 3.63) is 101 Å². The molecule has 8 heteroatoms. The van der Waals surface area contributed by atoms with Gasteiger partial charge in [0, 0.05) is 19.7 Å². The Labute approximate surface area is 215 Å². The summed E-state index contributed by atoms with van der Waals surface area (Å²) in [6, 6.07) is 24.1. The Morgan fingerprint density at radius 3 is 2.42 bits per heavy atom. The molecule has 4 rings (SSSR count). The molecule has 3 aromatic carbocycles. The van der Waals surface area contributed by atoms with Crippen LogP contribution in [0.15, 0.2) is 78.9 Å². The average molecular weight is 506 g/mol. The highest BCUT2D eigenvalue weighted by Crippen LogP contribution is 2.33. The molecular weight excluding hydrogens is 478 g/mol. The van der Waals surface area contributed by atoms with Crippen LogP contribution in [0.25, 0.3) is 5.69 Å². The topological polar surface area (TPSA) is 65.8 Å². The van der Waals surface area contributed by atoms with E-state index in [1.807, 2.05) is 55.5 Å². The Morgan fingerprint density at radius 1 is 0.972 bits per heavy atom. The van der Waals surface area contributed by atoms with E-state index in [0.717, 1.165) is 16.9 Å². The molecule has 0 aliphatic rings. The standard InChI is InChI=1S/C28H28ClN3O4/c1-20-25(19-31(16-17-34-2)27(33)24-14-7-8-15-26(24)29)28(32(30-20)21-10-5-4-6-11-21)36-23-13-9-12-22(18-23)35-3/h4-15,18H,16-17,19H2,1-3H3. The molecule has 0 aliphatic carbocycles. The number of hydrogen-bond acceptors (Lipinski definition) is 5. The maximum absolute atomic E-state index is 13.5. The number of rotatable bonds is 10. The largest absolute Gasteiger partial charge is 0.497 e. The number of methoxy groups -OCH3 is 2. The predicted octanol–water partition coefficient (Wildman–Crippen LogP) is 5.92. The van der Waals surface area contributed by atoms with Crippen LogP contribution < -0.4 is 9.47 Å². The van der Waals surface area contributed by atoms with Crippen LogP contribution >= 0.6 is 11.6 Å². The van der Waals surface area contributed by atoms with E-state index in [4.69, 9.17) is 30.9 Å². The number of aryl methyl sites for hydroxylation is 1. The summed E-state index contributed by atoms with van der Waals surface area (Å²) in [6.07, 6.45) is 0. The second-order valence-electron chi connectivity index (χ2n) is 8.10. The first-order valence-electron chi connectivity index (χ1n) is 11.5. The van der Waals surface area contributed by atoms with Crippen molar-refractivity contribution in [3.63, 3.8) is 0 Å². The van der Waals surface area contributed by atoms with Crippen molar-refractivity contribution in [1.29, 1.82) is 0 Å². The van der Waals surface area contributed by atoms with Gasteiger partial charge in [-0.3, -0.25) is 4.79 Å². The van der Waals surface area contributed by atoms with Gasteiger partial charge in [-0.1, -0.05) is 48.0 Å². The number of aromatic nitrogens is 2. The van der Waals surface area contributed by atoms with Crippen LogP contribution in [0.2, 0.25) is 5.02 Å². The third-order valence-electron chi connectivity index (χ3n) is 5.70. The Kier molecular flexibility index (Phi) is 8.25. The fraction of sp³-hybridized carbons (Fsp3) is 0.214. The smallest absolute Gasteiger partial charge is 0.255 e. The molecule has 0 bridgehead atoms. The summed E-state index contributed by atoms with van der Waals surface area (Å²) in [5.41, 5.74) is 2.79. The fourth-order valence-corrected chi connectivity index (χ4v) is 4.01. The van der Waals surface area contributed by atoms with Crippen molar-refractivity contribution in [1.82, 2.24) is 14.7 Å². The summed E-state index contributed by atoms with van der Waals surface area (Å²) in [7, 11) is 3.21. The number of ether oxygens (including phenoxy) is 3. The summed E-state index contributed by atoms with van der Waals surface area (Å²) in [4.78, 5) is 15.2. The third kappa shape index (κ3) is 5.70. The van der Waals surface area contributed by atoms with E-state index in [9.17, 15) is 4.79 Å². The lowest BCUT2D eigenvalue weighted by molar-refractivity contribution is 0.0679. The first-order chi connectivity index (χ1) is 17.5. The number of halogens is 1. The third-order valence-corrected chi connectivity index (χ3v) is 6.03. The Balaban J connectivity index is 1.77. The lowest BCUT2D eigenvalue weighted by Crippen LogP contribution is -2.34. The van der Waals surface area contributed by atoms with Crippen LogP contribution in [0.1, 0.15) is 21.6 Å². The van der Waals surface area contributed by atoms with Crippen LogP contribution in [-0.4, -0.2) is 48.0 Å². The molecular formula is C28H28ClN3O4. The Hall–Kier alpha value is -3.81. The molecule has 4 aromatic rings.